The first-order valence-electron chi connectivity index (χ1n) is 17.7. The lowest BCUT2D eigenvalue weighted by molar-refractivity contribution is 0.632. The summed E-state index contributed by atoms with van der Waals surface area (Å²) >= 11 is 0. The molecule has 1 aromatic heterocycles. The number of hydrogen-bond acceptors (Lipinski definition) is 2. The van der Waals surface area contributed by atoms with Gasteiger partial charge >= 0.3 is 0 Å². The molecule has 1 heterocycles. The van der Waals surface area contributed by atoms with E-state index < -0.39 is 0 Å². The monoisotopic (exact) mass is 665 g/mol. The zero-order valence-corrected chi connectivity index (χ0v) is 28.6. The van der Waals surface area contributed by atoms with Crippen molar-refractivity contribution in [2.45, 2.75) is 0 Å². The van der Waals surface area contributed by atoms with Gasteiger partial charge < -0.3 is 9.32 Å². The Hall–Kier alpha value is -6.90. The minimum atomic E-state index is 0.872. The van der Waals surface area contributed by atoms with Crippen LogP contribution in [0.5, 0.6) is 0 Å². The maximum absolute atomic E-state index is 6.29. The van der Waals surface area contributed by atoms with Crippen LogP contribution >= 0.6 is 0 Å². The Bertz CT molecular complexity index is 2570. The second kappa shape index (κ2) is 13.8. The fraction of sp³-hybridized carbons (Fsp3) is 0. The van der Waals surface area contributed by atoms with E-state index in [0.717, 1.165) is 50.5 Å². The summed E-state index contributed by atoms with van der Waals surface area (Å²) < 4.78 is 6.29. The van der Waals surface area contributed by atoms with Crippen LogP contribution < -0.4 is 4.90 Å². The Kier molecular flexibility index (Phi) is 8.24. The maximum atomic E-state index is 6.29. The minimum Gasteiger partial charge on any atom is -0.456 e. The molecule has 2 nitrogen and oxygen atoms in total. The minimum absolute atomic E-state index is 0.872. The van der Waals surface area contributed by atoms with Gasteiger partial charge in [0, 0.05) is 28.0 Å². The van der Waals surface area contributed by atoms with E-state index in [0.29, 0.717) is 0 Å². The number of furan rings is 1. The molecular formula is C50H35NO. The molecule has 0 aliphatic heterocycles. The van der Waals surface area contributed by atoms with E-state index in [1.54, 1.807) is 0 Å². The summed E-state index contributed by atoms with van der Waals surface area (Å²) in [5.74, 6) is 0.872. The highest BCUT2D eigenvalue weighted by Gasteiger charge is 2.17. The normalized spacial score (nSPS) is 11.1. The van der Waals surface area contributed by atoms with Gasteiger partial charge in [-0.1, -0.05) is 164 Å². The van der Waals surface area contributed by atoms with E-state index in [2.05, 4.69) is 199 Å². The third-order valence-electron chi connectivity index (χ3n) is 9.73. The largest absolute Gasteiger partial charge is 0.456 e. The molecule has 0 bridgehead atoms. The van der Waals surface area contributed by atoms with Crippen molar-refractivity contribution in [1.82, 2.24) is 0 Å². The van der Waals surface area contributed by atoms with Crippen LogP contribution in [0.4, 0.5) is 17.1 Å². The van der Waals surface area contributed by atoms with Crippen LogP contribution in [0.15, 0.2) is 217 Å². The fourth-order valence-electron chi connectivity index (χ4n) is 7.23. The number of rotatable bonds is 8. The van der Waals surface area contributed by atoms with Crippen LogP contribution in [0.3, 0.4) is 0 Å². The van der Waals surface area contributed by atoms with Crippen molar-refractivity contribution >= 4 is 28.0 Å². The first-order valence-corrected chi connectivity index (χ1v) is 17.7. The topological polar surface area (TPSA) is 16.4 Å². The first kappa shape index (κ1) is 31.1. The number of para-hydroxylation sites is 2. The molecule has 0 atom stereocenters. The Morgan fingerprint density at radius 1 is 0.288 bits per heavy atom. The van der Waals surface area contributed by atoms with Crippen LogP contribution in [-0.2, 0) is 0 Å². The quantitative estimate of drug-likeness (QED) is 0.161. The Morgan fingerprint density at radius 2 is 0.673 bits per heavy atom. The van der Waals surface area contributed by atoms with Gasteiger partial charge in [0.25, 0.3) is 0 Å². The zero-order valence-electron chi connectivity index (χ0n) is 28.6. The van der Waals surface area contributed by atoms with Crippen molar-refractivity contribution < 1.29 is 4.42 Å². The Morgan fingerprint density at radius 3 is 1.21 bits per heavy atom. The number of benzene rings is 8. The SMILES string of the molecule is c1ccc(-c2ccccc2-c2ccccc2-c2ccc(N(c3ccccc3)c3ccc(-c4ccccc4-c4cc5ccccc5o4)cc3)cc2)cc1. The molecule has 0 N–H and O–H groups in total. The molecule has 9 aromatic rings. The fourth-order valence-corrected chi connectivity index (χ4v) is 7.23. The number of nitrogens with zero attached hydrogens (tertiary/aromatic N) is 1. The smallest absolute Gasteiger partial charge is 0.136 e. The molecule has 0 radical (unpaired) electrons. The maximum Gasteiger partial charge on any atom is 0.136 e. The van der Waals surface area contributed by atoms with Crippen LogP contribution in [-0.4, -0.2) is 0 Å². The molecule has 8 aromatic carbocycles. The van der Waals surface area contributed by atoms with E-state index in [1.165, 1.54) is 33.4 Å². The van der Waals surface area contributed by atoms with Gasteiger partial charge in [0.05, 0.1) is 0 Å². The Balaban J connectivity index is 1.07. The molecule has 2 heteroatoms. The van der Waals surface area contributed by atoms with Gasteiger partial charge in [-0.05, 0) is 93.0 Å². The highest BCUT2D eigenvalue weighted by atomic mass is 16.3. The summed E-state index contributed by atoms with van der Waals surface area (Å²) in [4.78, 5) is 2.31. The van der Waals surface area contributed by atoms with Crippen molar-refractivity contribution in [2.75, 3.05) is 4.90 Å². The van der Waals surface area contributed by atoms with Crippen molar-refractivity contribution in [1.29, 1.82) is 0 Å². The van der Waals surface area contributed by atoms with E-state index in [1.807, 2.05) is 18.2 Å². The van der Waals surface area contributed by atoms with Gasteiger partial charge in [-0.3, -0.25) is 0 Å². The molecule has 0 amide bonds. The molecule has 0 aliphatic rings. The van der Waals surface area contributed by atoms with Gasteiger partial charge in [-0.25, -0.2) is 0 Å². The highest BCUT2D eigenvalue weighted by Crippen LogP contribution is 2.41. The van der Waals surface area contributed by atoms with Crippen molar-refractivity contribution in [2.24, 2.45) is 0 Å². The third kappa shape index (κ3) is 5.97. The molecule has 246 valence electrons. The van der Waals surface area contributed by atoms with E-state index in [4.69, 9.17) is 4.42 Å². The lowest BCUT2D eigenvalue weighted by Gasteiger charge is -2.26. The van der Waals surface area contributed by atoms with Gasteiger partial charge in [0.2, 0.25) is 0 Å². The van der Waals surface area contributed by atoms with Gasteiger partial charge in [0.15, 0.2) is 0 Å². The number of hydrogen-bond donors (Lipinski definition) is 0. The average molecular weight is 666 g/mol. The van der Waals surface area contributed by atoms with Crippen LogP contribution in [0.25, 0.3) is 66.8 Å². The first-order chi connectivity index (χ1) is 25.8. The van der Waals surface area contributed by atoms with Crippen LogP contribution in [0.2, 0.25) is 0 Å². The van der Waals surface area contributed by atoms with Gasteiger partial charge in [0.1, 0.15) is 11.3 Å². The van der Waals surface area contributed by atoms with Crippen LogP contribution in [0.1, 0.15) is 0 Å². The van der Waals surface area contributed by atoms with Crippen molar-refractivity contribution in [3.05, 3.63) is 212 Å². The predicted octanol–water partition coefficient (Wildman–Crippen LogP) is 14.2. The van der Waals surface area contributed by atoms with E-state index in [-0.39, 0.29) is 0 Å². The molecule has 52 heavy (non-hydrogen) atoms. The molecular weight excluding hydrogens is 631 g/mol. The lowest BCUT2D eigenvalue weighted by Crippen LogP contribution is -2.09. The van der Waals surface area contributed by atoms with E-state index in [9.17, 15) is 0 Å². The average Bonchev–Trinajstić information content (AvgIpc) is 3.67. The molecule has 0 saturated heterocycles. The zero-order chi connectivity index (χ0) is 34.7. The molecule has 0 aliphatic carbocycles. The molecule has 0 fully saturated rings. The predicted molar refractivity (Wildman–Crippen MR) is 218 cm³/mol. The summed E-state index contributed by atoms with van der Waals surface area (Å²) in [7, 11) is 0. The van der Waals surface area contributed by atoms with Gasteiger partial charge in [-0.15, -0.1) is 0 Å². The second-order valence-corrected chi connectivity index (χ2v) is 12.9. The molecule has 0 spiro atoms. The molecule has 9 rings (SSSR count). The number of anilines is 3. The number of fused-ring (bicyclic) bond motifs is 1. The summed E-state index contributed by atoms with van der Waals surface area (Å²) in [5, 5.41) is 1.10. The van der Waals surface area contributed by atoms with E-state index >= 15 is 0 Å². The standard InChI is InChI=1S/C50H35NO/c1-3-15-36(16-4-1)43-20-8-11-23-46(43)47-24-12-9-21-44(47)37-27-31-41(32-28-37)51(40-18-5-2-6-19-40)42-33-29-38(30-34-42)45-22-10-13-25-48(45)50-35-39-17-7-14-26-49(39)52-50/h1-35H. The summed E-state index contributed by atoms with van der Waals surface area (Å²) in [6.45, 7) is 0. The Labute approximate surface area is 304 Å². The second-order valence-electron chi connectivity index (χ2n) is 12.9. The summed E-state index contributed by atoms with van der Waals surface area (Å²) in [5.41, 5.74) is 14.8. The van der Waals surface area contributed by atoms with Crippen molar-refractivity contribution in [3.8, 4) is 55.8 Å². The highest BCUT2D eigenvalue weighted by molar-refractivity contribution is 5.93. The molecule has 0 saturated carbocycles. The van der Waals surface area contributed by atoms with Crippen LogP contribution in [0, 0.1) is 0 Å². The molecule has 0 unspecified atom stereocenters. The summed E-state index contributed by atoms with van der Waals surface area (Å²) in [6.07, 6.45) is 0. The van der Waals surface area contributed by atoms with Gasteiger partial charge in [-0.2, -0.15) is 0 Å². The summed E-state index contributed by atoms with van der Waals surface area (Å²) in [6, 6.07) is 75.1. The lowest BCUT2D eigenvalue weighted by atomic mass is 9.89. The van der Waals surface area contributed by atoms with Crippen molar-refractivity contribution in [3.63, 3.8) is 0 Å². The third-order valence-corrected chi connectivity index (χ3v) is 9.73.